The van der Waals surface area contributed by atoms with Crippen LogP contribution in [-0.2, 0) is 4.79 Å². The van der Waals surface area contributed by atoms with Crippen LogP contribution < -0.4 is 11.1 Å². The average molecular weight is 351 g/mol. The number of primary amides is 1. The minimum atomic E-state index is -0.735. The van der Waals surface area contributed by atoms with Crippen molar-refractivity contribution >= 4 is 27.5 Å². The molecule has 110 valence electrons. The molecule has 0 aliphatic rings. The molecule has 0 aromatic heterocycles. The summed E-state index contributed by atoms with van der Waals surface area (Å²) < 4.78 is 14.2. The fraction of sp³-hybridized carbons (Fsp3) is 0.188. The van der Waals surface area contributed by atoms with E-state index >= 15 is 0 Å². The number of rotatable bonds is 4. The maximum absolute atomic E-state index is 13.4. The molecule has 0 aliphatic carbocycles. The van der Waals surface area contributed by atoms with Crippen LogP contribution in [0.2, 0.25) is 0 Å². The van der Waals surface area contributed by atoms with Gasteiger partial charge in [0.15, 0.2) is 0 Å². The normalized spacial score (nSPS) is 12.0. The summed E-state index contributed by atoms with van der Waals surface area (Å²) in [5.41, 5.74) is 8.55. The molecule has 0 saturated carbocycles. The molecule has 0 aliphatic heterocycles. The second kappa shape index (κ2) is 6.26. The largest absolute Gasteiger partial charge is 0.370 e. The highest BCUT2D eigenvalue weighted by Crippen LogP contribution is 2.28. The Balaban J connectivity index is 2.37. The second-order valence-corrected chi connectivity index (χ2v) is 5.88. The SMILES string of the molecule is Cc1cc(F)cc(NC(C(N)=O)c2ccc(C)cc2Br)c1. The van der Waals surface area contributed by atoms with Gasteiger partial charge in [-0.05, 0) is 54.8 Å². The first-order valence-corrected chi connectivity index (χ1v) is 7.25. The number of hydrogen-bond donors (Lipinski definition) is 2. The third-order valence-electron chi connectivity index (χ3n) is 3.10. The molecule has 0 radical (unpaired) electrons. The molecular formula is C16H16BrFN2O. The van der Waals surface area contributed by atoms with Crippen molar-refractivity contribution in [2.75, 3.05) is 5.32 Å². The van der Waals surface area contributed by atoms with E-state index in [2.05, 4.69) is 21.2 Å². The Bertz CT molecular complexity index is 668. The number of carbonyl (C=O) groups is 1. The Morgan fingerprint density at radius 1 is 1.19 bits per heavy atom. The van der Waals surface area contributed by atoms with Crippen LogP contribution in [0.4, 0.5) is 10.1 Å². The van der Waals surface area contributed by atoms with E-state index in [9.17, 15) is 9.18 Å². The van der Waals surface area contributed by atoms with Crippen molar-refractivity contribution in [3.8, 4) is 0 Å². The van der Waals surface area contributed by atoms with Crippen molar-refractivity contribution in [2.45, 2.75) is 19.9 Å². The van der Waals surface area contributed by atoms with Gasteiger partial charge in [-0.25, -0.2) is 4.39 Å². The van der Waals surface area contributed by atoms with Gasteiger partial charge in [-0.3, -0.25) is 4.79 Å². The fourth-order valence-corrected chi connectivity index (χ4v) is 2.88. The Morgan fingerprint density at radius 2 is 1.90 bits per heavy atom. The van der Waals surface area contributed by atoms with Gasteiger partial charge in [-0.15, -0.1) is 0 Å². The Morgan fingerprint density at radius 3 is 2.48 bits per heavy atom. The molecule has 0 spiro atoms. The molecule has 0 heterocycles. The lowest BCUT2D eigenvalue weighted by molar-refractivity contribution is -0.118. The van der Waals surface area contributed by atoms with Gasteiger partial charge < -0.3 is 11.1 Å². The molecule has 1 amide bonds. The van der Waals surface area contributed by atoms with Crippen molar-refractivity contribution in [2.24, 2.45) is 5.73 Å². The van der Waals surface area contributed by atoms with Gasteiger partial charge >= 0.3 is 0 Å². The number of hydrogen-bond acceptors (Lipinski definition) is 2. The third kappa shape index (κ3) is 3.82. The van der Waals surface area contributed by atoms with Gasteiger partial charge in [0, 0.05) is 10.2 Å². The first-order valence-electron chi connectivity index (χ1n) is 6.46. The molecular weight excluding hydrogens is 335 g/mol. The molecule has 2 aromatic rings. The van der Waals surface area contributed by atoms with E-state index in [1.165, 1.54) is 12.1 Å². The van der Waals surface area contributed by atoms with Gasteiger partial charge in [0.05, 0.1) is 0 Å². The van der Waals surface area contributed by atoms with E-state index in [1.807, 2.05) is 25.1 Å². The topological polar surface area (TPSA) is 55.1 Å². The Kier molecular flexibility index (Phi) is 4.63. The summed E-state index contributed by atoms with van der Waals surface area (Å²) in [4.78, 5) is 11.8. The van der Waals surface area contributed by atoms with Crippen LogP contribution in [0.25, 0.3) is 0 Å². The van der Waals surface area contributed by atoms with Crippen LogP contribution in [0.1, 0.15) is 22.7 Å². The van der Waals surface area contributed by atoms with E-state index in [4.69, 9.17) is 5.73 Å². The van der Waals surface area contributed by atoms with Gasteiger partial charge in [0.25, 0.3) is 0 Å². The average Bonchev–Trinajstić information content (AvgIpc) is 2.35. The highest BCUT2D eigenvalue weighted by atomic mass is 79.9. The Hall–Kier alpha value is -1.88. The number of nitrogens with one attached hydrogen (secondary N) is 1. The summed E-state index contributed by atoms with van der Waals surface area (Å²) >= 11 is 3.44. The fourth-order valence-electron chi connectivity index (χ4n) is 2.15. The highest BCUT2D eigenvalue weighted by Gasteiger charge is 2.20. The summed E-state index contributed by atoms with van der Waals surface area (Å²) in [5.74, 6) is -0.884. The number of halogens is 2. The predicted octanol–water partition coefficient (Wildman–Crippen LogP) is 3.84. The van der Waals surface area contributed by atoms with E-state index in [0.29, 0.717) is 5.69 Å². The van der Waals surface area contributed by atoms with Crippen molar-refractivity contribution in [3.63, 3.8) is 0 Å². The second-order valence-electron chi connectivity index (χ2n) is 5.02. The number of amides is 1. The van der Waals surface area contributed by atoms with Crippen molar-refractivity contribution in [1.29, 1.82) is 0 Å². The summed E-state index contributed by atoms with van der Waals surface area (Å²) in [7, 11) is 0. The zero-order valence-electron chi connectivity index (χ0n) is 11.8. The molecule has 0 fully saturated rings. The first-order chi connectivity index (χ1) is 9.86. The summed E-state index contributed by atoms with van der Waals surface area (Å²) in [6.07, 6.45) is 0. The van der Waals surface area contributed by atoms with E-state index in [-0.39, 0.29) is 5.82 Å². The maximum atomic E-state index is 13.4. The lowest BCUT2D eigenvalue weighted by Crippen LogP contribution is -2.28. The van der Waals surface area contributed by atoms with Gasteiger partial charge in [-0.2, -0.15) is 0 Å². The summed E-state index contributed by atoms with van der Waals surface area (Å²) in [6, 6.07) is 9.42. The molecule has 1 atom stereocenters. The molecule has 3 nitrogen and oxygen atoms in total. The standard InChI is InChI=1S/C16H16BrFN2O/c1-9-3-4-13(14(17)7-9)15(16(19)21)20-12-6-10(2)5-11(18)8-12/h3-8,15,20H,1-2H3,(H2,19,21). The maximum Gasteiger partial charge on any atom is 0.244 e. The third-order valence-corrected chi connectivity index (χ3v) is 3.79. The van der Waals surface area contributed by atoms with E-state index in [0.717, 1.165) is 21.2 Å². The van der Waals surface area contributed by atoms with Crippen LogP contribution in [0, 0.1) is 19.7 Å². The minimum Gasteiger partial charge on any atom is -0.370 e. The molecule has 21 heavy (non-hydrogen) atoms. The molecule has 0 bridgehead atoms. The molecule has 5 heteroatoms. The monoisotopic (exact) mass is 350 g/mol. The van der Waals surface area contributed by atoms with Crippen molar-refractivity contribution < 1.29 is 9.18 Å². The minimum absolute atomic E-state index is 0.358. The number of benzene rings is 2. The smallest absolute Gasteiger partial charge is 0.244 e. The predicted molar refractivity (Wildman–Crippen MR) is 85.6 cm³/mol. The van der Waals surface area contributed by atoms with Gasteiger partial charge in [0.2, 0.25) is 5.91 Å². The number of carbonyl (C=O) groups excluding carboxylic acids is 1. The molecule has 0 saturated heterocycles. The quantitative estimate of drug-likeness (QED) is 0.879. The van der Waals surface area contributed by atoms with Crippen LogP contribution in [0.5, 0.6) is 0 Å². The van der Waals surface area contributed by atoms with Crippen molar-refractivity contribution in [3.05, 3.63) is 63.4 Å². The van der Waals surface area contributed by atoms with Crippen LogP contribution >= 0.6 is 15.9 Å². The molecule has 2 aromatic carbocycles. The lowest BCUT2D eigenvalue weighted by atomic mass is 10.0. The van der Waals surface area contributed by atoms with Crippen LogP contribution in [0.3, 0.4) is 0 Å². The highest BCUT2D eigenvalue weighted by molar-refractivity contribution is 9.10. The number of nitrogens with two attached hydrogens (primary N) is 1. The lowest BCUT2D eigenvalue weighted by Gasteiger charge is -2.19. The number of anilines is 1. The number of aryl methyl sites for hydroxylation is 2. The molecule has 2 rings (SSSR count). The van der Waals surface area contributed by atoms with Gasteiger partial charge in [0.1, 0.15) is 11.9 Å². The van der Waals surface area contributed by atoms with Crippen LogP contribution in [0.15, 0.2) is 40.9 Å². The van der Waals surface area contributed by atoms with Crippen LogP contribution in [-0.4, -0.2) is 5.91 Å². The summed E-state index contributed by atoms with van der Waals surface area (Å²) in [6.45, 7) is 3.74. The van der Waals surface area contributed by atoms with E-state index < -0.39 is 11.9 Å². The van der Waals surface area contributed by atoms with Crippen molar-refractivity contribution in [1.82, 2.24) is 0 Å². The summed E-state index contributed by atoms with van der Waals surface area (Å²) in [5, 5.41) is 2.99. The zero-order valence-corrected chi connectivity index (χ0v) is 13.4. The molecule has 1 unspecified atom stereocenters. The van der Waals surface area contributed by atoms with E-state index in [1.54, 1.807) is 13.0 Å². The zero-order chi connectivity index (χ0) is 15.6. The Labute approximate surface area is 131 Å². The van der Waals surface area contributed by atoms with Gasteiger partial charge in [-0.1, -0.05) is 28.1 Å². The first kappa shape index (κ1) is 15.5. The molecule has 3 N–H and O–H groups in total.